The normalized spacial score (nSPS) is 19.3. The Morgan fingerprint density at radius 1 is 0.833 bits per heavy atom. The fourth-order valence-corrected chi connectivity index (χ4v) is 10.4. The Hall–Kier alpha value is -6.95. The van der Waals surface area contributed by atoms with Crippen LogP contribution in [0, 0.1) is 5.82 Å². The Balaban J connectivity index is 0.712. The number of carbonyl (C=O) groups excluding carboxylic acids is 6. The Labute approximate surface area is 383 Å². The zero-order chi connectivity index (χ0) is 45.5. The van der Waals surface area contributed by atoms with E-state index in [2.05, 4.69) is 25.9 Å². The van der Waals surface area contributed by atoms with Crippen LogP contribution in [0.25, 0.3) is 11.1 Å². The van der Waals surface area contributed by atoms with Crippen molar-refractivity contribution in [1.82, 2.24) is 34.6 Å². The SMILES string of the molecule is O=C1CCC(Nc2ccc(C3CCN(C(=O)C(=O)N4CCC(Oc5ccc(-c6cc(F)c7c(c6)C(=O)N(C(C(=O)Nc6nccs6)c6ncn8c6CCC8)C7)cc5)CC4)CC3)cc2)C(=O)N1. The topological polar surface area (TPSA) is 188 Å². The summed E-state index contributed by atoms with van der Waals surface area (Å²) < 4.78 is 24.2. The van der Waals surface area contributed by atoms with Crippen molar-refractivity contribution >= 4 is 57.6 Å². The Morgan fingerprint density at radius 2 is 1.56 bits per heavy atom. The lowest BCUT2D eigenvalue weighted by molar-refractivity contribution is -0.153. The number of benzene rings is 3. The highest BCUT2D eigenvalue weighted by Crippen LogP contribution is 2.38. The summed E-state index contributed by atoms with van der Waals surface area (Å²) in [5, 5.41) is 10.5. The van der Waals surface area contributed by atoms with Crippen molar-refractivity contribution in [2.24, 2.45) is 0 Å². The second-order valence-corrected chi connectivity index (χ2v) is 18.4. The number of piperidine rings is 3. The fourth-order valence-electron chi connectivity index (χ4n) is 9.83. The summed E-state index contributed by atoms with van der Waals surface area (Å²) in [6.45, 7) is 2.43. The zero-order valence-corrected chi connectivity index (χ0v) is 36.9. The van der Waals surface area contributed by atoms with Gasteiger partial charge in [-0.3, -0.25) is 39.4 Å². The third-order valence-corrected chi connectivity index (χ3v) is 14.1. The van der Waals surface area contributed by atoms with E-state index in [4.69, 9.17) is 4.74 Å². The zero-order valence-electron chi connectivity index (χ0n) is 36.0. The molecular weight excluding hydrogens is 866 g/mol. The van der Waals surface area contributed by atoms with Gasteiger partial charge in [0.15, 0.2) is 11.2 Å². The number of carbonyl (C=O) groups is 6. The number of imidazole rings is 1. The largest absolute Gasteiger partial charge is 0.490 e. The lowest BCUT2D eigenvalue weighted by Gasteiger charge is -2.35. The van der Waals surface area contributed by atoms with Gasteiger partial charge in [-0.05, 0) is 91.1 Å². The highest BCUT2D eigenvalue weighted by molar-refractivity contribution is 7.13. The molecule has 5 aromatic rings. The molecule has 340 valence electrons. The Bertz CT molecular complexity index is 2690. The van der Waals surface area contributed by atoms with Crippen molar-refractivity contribution in [2.75, 3.05) is 36.8 Å². The van der Waals surface area contributed by atoms with Crippen LogP contribution < -0.4 is 20.7 Å². The number of likely N-dealkylation sites (tertiary alicyclic amines) is 2. The number of fused-ring (bicyclic) bond motifs is 2. The van der Waals surface area contributed by atoms with E-state index >= 15 is 4.39 Å². The number of aryl methyl sites for hydroxylation is 1. The van der Waals surface area contributed by atoms with Gasteiger partial charge < -0.3 is 29.3 Å². The molecule has 2 atom stereocenters. The summed E-state index contributed by atoms with van der Waals surface area (Å²) in [5.41, 5.74) is 4.93. The number of hydrogen-bond donors (Lipinski definition) is 3. The monoisotopic (exact) mass is 913 g/mol. The van der Waals surface area contributed by atoms with Crippen molar-refractivity contribution in [3.05, 3.63) is 112 Å². The minimum atomic E-state index is -1.08. The van der Waals surface area contributed by atoms with Gasteiger partial charge in [-0.1, -0.05) is 24.3 Å². The molecule has 3 aromatic carbocycles. The van der Waals surface area contributed by atoms with Crippen LogP contribution >= 0.6 is 11.3 Å². The first-order valence-corrected chi connectivity index (χ1v) is 23.4. The van der Waals surface area contributed by atoms with E-state index in [9.17, 15) is 28.8 Å². The molecule has 3 saturated heterocycles. The van der Waals surface area contributed by atoms with Gasteiger partial charge in [0.25, 0.3) is 11.8 Å². The summed E-state index contributed by atoms with van der Waals surface area (Å²) in [5.74, 6) is -2.16. The molecule has 5 aliphatic rings. The van der Waals surface area contributed by atoms with Crippen molar-refractivity contribution in [3.63, 3.8) is 0 Å². The first kappa shape index (κ1) is 43.0. The van der Waals surface area contributed by atoms with Gasteiger partial charge in [0.1, 0.15) is 23.7 Å². The number of amides is 6. The molecule has 0 saturated carbocycles. The predicted molar refractivity (Wildman–Crippen MR) is 241 cm³/mol. The van der Waals surface area contributed by atoms with Gasteiger partial charge in [-0.2, -0.15) is 0 Å². The van der Waals surface area contributed by atoms with E-state index in [1.807, 2.05) is 41.0 Å². The first-order valence-electron chi connectivity index (χ1n) is 22.5. The van der Waals surface area contributed by atoms with E-state index in [1.165, 1.54) is 22.3 Å². The Morgan fingerprint density at radius 3 is 2.26 bits per heavy atom. The number of ether oxygens (including phenoxy) is 1. The molecular formula is C48H48FN9O7S. The van der Waals surface area contributed by atoms with Crippen molar-refractivity contribution in [2.45, 2.75) is 88.6 Å². The summed E-state index contributed by atoms with van der Waals surface area (Å²) in [6.07, 6.45) is 8.05. The summed E-state index contributed by atoms with van der Waals surface area (Å²) in [7, 11) is 0. The van der Waals surface area contributed by atoms with E-state index in [1.54, 1.807) is 45.9 Å². The molecule has 66 heavy (non-hydrogen) atoms. The van der Waals surface area contributed by atoms with Crippen molar-refractivity contribution < 1.29 is 37.9 Å². The van der Waals surface area contributed by atoms with E-state index in [0.29, 0.717) is 79.6 Å². The van der Waals surface area contributed by atoms with E-state index in [-0.39, 0.29) is 41.5 Å². The second-order valence-electron chi connectivity index (χ2n) is 17.5. The molecule has 3 N–H and O–H groups in total. The number of nitrogens with zero attached hydrogens (tertiary/aromatic N) is 6. The van der Waals surface area contributed by atoms with Crippen molar-refractivity contribution in [3.8, 4) is 16.9 Å². The standard InChI is InChI=1S/C48H48FN9O7S/c49-37-25-31(24-35-36(37)26-58(45(35)62)42(44(61)54-48-50-17-23-66-48)41-39-2-1-18-57(39)27-51-41)29-5-9-33(10-6-29)65-34-15-21-56(22-16-34)47(64)46(63)55-19-13-30(14-20-55)28-3-7-32(8-4-28)52-38-11-12-40(59)53-43(38)60/h3-10,17,23-25,27,30,34,38,42,52H,1-2,11-16,18-22,26H2,(H,50,54,61)(H,53,59,60). The third-order valence-electron chi connectivity index (χ3n) is 13.4. The lowest BCUT2D eigenvalue weighted by Crippen LogP contribution is -2.50. The highest BCUT2D eigenvalue weighted by Gasteiger charge is 2.42. The van der Waals surface area contributed by atoms with Gasteiger partial charge in [0.05, 0.1) is 18.6 Å². The van der Waals surface area contributed by atoms with Crippen LogP contribution in [0.1, 0.15) is 89.8 Å². The second kappa shape index (κ2) is 18.1. The van der Waals surface area contributed by atoms with Crippen LogP contribution in [0.4, 0.5) is 15.2 Å². The molecule has 0 radical (unpaired) electrons. The van der Waals surface area contributed by atoms with Crippen LogP contribution in [0.15, 0.2) is 78.6 Å². The molecule has 7 heterocycles. The Kier molecular flexibility index (Phi) is 11.8. The maximum atomic E-state index is 15.9. The number of halogens is 1. The maximum Gasteiger partial charge on any atom is 0.312 e. The predicted octanol–water partition coefficient (Wildman–Crippen LogP) is 5.42. The number of rotatable bonds is 10. The van der Waals surface area contributed by atoms with Crippen LogP contribution in [-0.2, 0) is 43.5 Å². The van der Waals surface area contributed by atoms with E-state index < -0.39 is 41.5 Å². The maximum absolute atomic E-state index is 15.9. The average Bonchev–Trinajstić information content (AvgIpc) is 4.16. The lowest BCUT2D eigenvalue weighted by atomic mass is 9.89. The number of aromatic nitrogens is 3. The van der Waals surface area contributed by atoms with Crippen LogP contribution in [-0.4, -0.2) is 103 Å². The van der Waals surface area contributed by atoms with Gasteiger partial charge in [-0.15, -0.1) is 11.3 Å². The van der Waals surface area contributed by atoms with Gasteiger partial charge in [-0.25, -0.2) is 14.4 Å². The number of nitrogens with one attached hydrogen (secondary N) is 3. The van der Waals surface area contributed by atoms with Crippen LogP contribution in [0.2, 0.25) is 0 Å². The first-order chi connectivity index (χ1) is 32.1. The van der Waals surface area contributed by atoms with Gasteiger partial charge in [0, 0.05) is 86.1 Å². The third kappa shape index (κ3) is 8.64. The molecule has 0 bridgehead atoms. The number of thiazole rings is 1. The summed E-state index contributed by atoms with van der Waals surface area (Å²) >= 11 is 1.26. The number of hydrogen-bond acceptors (Lipinski definition) is 11. The fraction of sp³-hybridized carbons (Fsp3) is 0.375. The van der Waals surface area contributed by atoms with E-state index in [0.717, 1.165) is 49.2 Å². The molecule has 10 rings (SSSR count). The molecule has 18 heteroatoms. The molecule has 6 amide bonds. The smallest absolute Gasteiger partial charge is 0.312 e. The van der Waals surface area contributed by atoms with Gasteiger partial charge >= 0.3 is 11.8 Å². The molecule has 2 unspecified atom stereocenters. The average molecular weight is 914 g/mol. The number of imide groups is 1. The quantitative estimate of drug-likeness (QED) is 0.121. The molecule has 3 fully saturated rings. The molecule has 2 aromatic heterocycles. The minimum Gasteiger partial charge on any atom is -0.490 e. The summed E-state index contributed by atoms with van der Waals surface area (Å²) in [4.78, 5) is 91.6. The molecule has 5 aliphatic heterocycles. The summed E-state index contributed by atoms with van der Waals surface area (Å²) in [6, 6.07) is 16.7. The molecule has 16 nitrogen and oxygen atoms in total. The van der Waals surface area contributed by atoms with Crippen LogP contribution in [0.5, 0.6) is 5.75 Å². The number of anilines is 2. The van der Waals surface area contributed by atoms with Gasteiger partial charge in [0.2, 0.25) is 11.8 Å². The minimum absolute atomic E-state index is 0.0837. The molecule has 0 spiro atoms. The molecule has 0 aliphatic carbocycles. The van der Waals surface area contributed by atoms with Crippen molar-refractivity contribution in [1.29, 1.82) is 0 Å². The highest BCUT2D eigenvalue weighted by atomic mass is 32.1. The van der Waals surface area contributed by atoms with Crippen LogP contribution in [0.3, 0.4) is 0 Å².